The molecule has 0 unspecified atom stereocenters. The zero-order valence-corrected chi connectivity index (χ0v) is 37.6. The zero-order valence-electron chi connectivity index (χ0n) is 37.6. The molecule has 1 N–H and O–H groups in total. The molecule has 3 aromatic heterocycles. The number of phenolic OH excluding ortho intramolecular Hbond substituents is 1. The van der Waals surface area contributed by atoms with E-state index in [1.165, 1.54) is 5.56 Å². The normalized spacial score (nSPS) is 12.6. The lowest BCUT2D eigenvalue weighted by atomic mass is 9.79. The van der Waals surface area contributed by atoms with Gasteiger partial charge in [-0.25, -0.2) is 4.98 Å². The number of fused-ring (bicyclic) bond motifs is 6. The van der Waals surface area contributed by atoms with Crippen LogP contribution in [-0.4, -0.2) is 19.6 Å². The average Bonchev–Trinajstić information content (AvgIpc) is 3.85. The smallest absolute Gasteiger partial charge is 0.149 e. The highest BCUT2D eigenvalue weighted by Crippen LogP contribution is 2.46. The topological polar surface area (TPSA) is 64.1 Å². The maximum Gasteiger partial charge on any atom is 0.149 e. The summed E-state index contributed by atoms with van der Waals surface area (Å²) in [5.74, 6) is 0.939. The Kier molecular flexibility index (Phi) is 9.27. The van der Waals surface area contributed by atoms with E-state index >= 15 is 0 Å². The largest absolute Gasteiger partial charge is 0.507 e. The van der Waals surface area contributed by atoms with Gasteiger partial charge < -0.3 is 9.52 Å². The molecule has 0 bridgehead atoms. The highest BCUT2D eigenvalue weighted by atomic mass is 16.3. The monoisotopic (exact) mass is 823 g/mol. The predicted molar refractivity (Wildman–Crippen MR) is 263 cm³/mol. The quantitative estimate of drug-likeness (QED) is 0.188. The number of nitrogens with zero attached hydrogens (tertiary/aromatic N) is 3. The van der Waals surface area contributed by atoms with Gasteiger partial charge in [0.1, 0.15) is 22.7 Å². The van der Waals surface area contributed by atoms with Crippen molar-refractivity contribution in [3.63, 3.8) is 0 Å². The van der Waals surface area contributed by atoms with Gasteiger partial charge in [0.25, 0.3) is 0 Å². The summed E-state index contributed by atoms with van der Waals surface area (Å²) < 4.78 is 8.73. The Morgan fingerprint density at radius 3 is 1.97 bits per heavy atom. The van der Waals surface area contributed by atoms with Gasteiger partial charge >= 0.3 is 0 Å². The van der Waals surface area contributed by atoms with Gasteiger partial charge in [0.2, 0.25) is 0 Å². The number of aromatic hydroxyl groups is 1. The summed E-state index contributed by atoms with van der Waals surface area (Å²) in [7, 11) is 0. The van der Waals surface area contributed by atoms with Gasteiger partial charge in [0.15, 0.2) is 0 Å². The van der Waals surface area contributed by atoms with Crippen LogP contribution in [0.2, 0.25) is 0 Å². The second-order valence-electron chi connectivity index (χ2n) is 20.1. The molecule has 0 saturated carbocycles. The molecule has 0 saturated heterocycles. The molecular weight excluding hydrogens is 771 g/mol. The first kappa shape index (κ1) is 40.1. The fourth-order valence-corrected chi connectivity index (χ4v) is 9.15. The minimum absolute atomic E-state index is 0.0734. The lowest BCUT2D eigenvalue weighted by molar-refractivity contribution is 0.446. The van der Waals surface area contributed by atoms with Gasteiger partial charge in [-0.15, -0.1) is 0 Å². The highest BCUT2D eigenvalue weighted by molar-refractivity contribution is 6.22. The van der Waals surface area contributed by atoms with Crippen molar-refractivity contribution in [3.05, 3.63) is 168 Å². The zero-order chi connectivity index (χ0) is 44.0. The number of hydrogen-bond acceptors (Lipinski definition) is 4. The number of aromatic nitrogens is 3. The van der Waals surface area contributed by atoms with Crippen LogP contribution in [-0.2, 0) is 16.2 Å². The first-order valence-corrected chi connectivity index (χ1v) is 22.0. The number of hydrogen-bond donors (Lipinski definition) is 1. The van der Waals surface area contributed by atoms with Crippen molar-refractivity contribution in [3.8, 4) is 56.3 Å². The molecular formula is C58H53N3O2. The van der Waals surface area contributed by atoms with E-state index in [0.29, 0.717) is 11.4 Å². The molecule has 3 heterocycles. The Morgan fingerprint density at radius 1 is 0.524 bits per heavy atom. The predicted octanol–water partition coefficient (Wildman–Crippen LogP) is 15.7. The summed E-state index contributed by atoms with van der Waals surface area (Å²) in [6.07, 6.45) is 1.84. The molecule has 0 fully saturated rings. The Hall–Kier alpha value is -6.98. The molecule has 5 nitrogen and oxygen atoms in total. The molecule has 0 amide bonds. The molecule has 0 aliphatic rings. The van der Waals surface area contributed by atoms with E-state index in [-0.39, 0.29) is 22.0 Å². The highest BCUT2D eigenvalue weighted by Gasteiger charge is 2.30. The van der Waals surface area contributed by atoms with Crippen molar-refractivity contribution >= 4 is 43.7 Å². The van der Waals surface area contributed by atoms with Crippen LogP contribution in [0.1, 0.15) is 79.0 Å². The summed E-state index contributed by atoms with van der Waals surface area (Å²) in [6, 6.07) is 51.4. The van der Waals surface area contributed by atoms with E-state index < -0.39 is 0 Å². The van der Waals surface area contributed by atoms with Crippen LogP contribution in [0.5, 0.6) is 5.75 Å². The van der Waals surface area contributed by atoms with Crippen molar-refractivity contribution in [2.75, 3.05) is 0 Å². The van der Waals surface area contributed by atoms with Crippen molar-refractivity contribution in [1.82, 2.24) is 14.5 Å². The standard InChI is InChI=1S/C58H53N3O2/c1-56(2,3)39-26-27-46(43(32-39)35-17-11-10-12-18-35)61-47-24-16-23-42(53(47)60-55(61)44-33-40(57(4,5)6)34-45(54(44)62)58(7,8)9)37-20-15-21-38(31-37)52-51-49(29-30-59-52)63-48-28-25-36-19-13-14-22-41(36)50(48)51/h10-34,62H,1-9H3. The van der Waals surface area contributed by atoms with Crippen molar-refractivity contribution in [2.24, 2.45) is 0 Å². The molecule has 10 aromatic rings. The van der Waals surface area contributed by atoms with E-state index in [1.54, 1.807) is 0 Å². The van der Waals surface area contributed by atoms with Gasteiger partial charge in [0.05, 0.1) is 33.4 Å². The summed E-state index contributed by atoms with van der Waals surface area (Å²) in [5, 5.41) is 16.9. The molecule has 0 atom stereocenters. The third-order valence-electron chi connectivity index (χ3n) is 12.6. The van der Waals surface area contributed by atoms with Crippen LogP contribution >= 0.6 is 0 Å². The second-order valence-corrected chi connectivity index (χ2v) is 20.1. The van der Waals surface area contributed by atoms with Crippen molar-refractivity contribution < 1.29 is 9.52 Å². The average molecular weight is 824 g/mol. The third kappa shape index (κ3) is 6.87. The minimum Gasteiger partial charge on any atom is -0.507 e. The van der Waals surface area contributed by atoms with E-state index in [2.05, 4.69) is 206 Å². The Balaban J connectivity index is 1.26. The van der Waals surface area contributed by atoms with Gasteiger partial charge in [-0.05, 0) is 91.7 Å². The minimum atomic E-state index is -0.324. The van der Waals surface area contributed by atoms with Crippen LogP contribution in [0.25, 0.3) is 94.3 Å². The summed E-state index contributed by atoms with van der Waals surface area (Å²) in [4.78, 5) is 10.7. The Morgan fingerprint density at radius 2 is 1.21 bits per heavy atom. The van der Waals surface area contributed by atoms with Crippen LogP contribution in [0.4, 0.5) is 0 Å². The van der Waals surface area contributed by atoms with Gasteiger partial charge in [-0.1, -0.05) is 165 Å². The number of benzene rings is 7. The van der Waals surface area contributed by atoms with Crippen LogP contribution in [0.15, 0.2) is 156 Å². The van der Waals surface area contributed by atoms with Gasteiger partial charge in [0, 0.05) is 33.8 Å². The maximum atomic E-state index is 12.5. The molecule has 5 heteroatoms. The molecule has 0 aliphatic carbocycles. The van der Waals surface area contributed by atoms with Gasteiger partial charge in [-0.3, -0.25) is 9.55 Å². The number of phenols is 1. The fourth-order valence-electron chi connectivity index (χ4n) is 9.15. The molecule has 63 heavy (non-hydrogen) atoms. The maximum absolute atomic E-state index is 12.5. The molecule has 7 aromatic carbocycles. The molecule has 10 rings (SSSR count). The Labute approximate surface area is 369 Å². The first-order valence-electron chi connectivity index (χ1n) is 22.0. The third-order valence-corrected chi connectivity index (χ3v) is 12.6. The fraction of sp³-hybridized carbons (Fsp3) is 0.207. The van der Waals surface area contributed by atoms with Crippen molar-refractivity contribution in [2.45, 2.75) is 78.6 Å². The van der Waals surface area contributed by atoms with Crippen molar-refractivity contribution in [1.29, 1.82) is 0 Å². The first-order chi connectivity index (χ1) is 30.1. The molecule has 312 valence electrons. The van der Waals surface area contributed by atoms with Crippen LogP contribution in [0.3, 0.4) is 0 Å². The van der Waals surface area contributed by atoms with Crippen LogP contribution < -0.4 is 0 Å². The molecule has 0 radical (unpaired) electrons. The number of imidazole rings is 1. The number of pyridine rings is 1. The molecule has 0 aliphatic heterocycles. The summed E-state index contributed by atoms with van der Waals surface area (Å²) in [5.41, 5.74) is 13.9. The van der Waals surface area contributed by atoms with E-state index in [1.807, 2.05) is 12.3 Å². The lowest BCUT2D eigenvalue weighted by Crippen LogP contribution is -2.17. The van der Waals surface area contributed by atoms with E-state index in [4.69, 9.17) is 14.4 Å². The number of para-hydroxylation sites is 1. The Bertz CT molecular complexity index is 3400. The number of rotatable bonds is 5. The van der Waals surface area contributed by atoms with Gasteiger partial charge in [-0.2, -0.15) is 0 Å². The summed E-state index contributed by atoms with van der Waals surface area (Å²) >= 11 is 0. The van der Waals surface area contributed by atoms with E-state index in [0.717, 1.165) is 94.1 Å². The summed E-state index contributed by atoms with van der Waals surface area (Å²) in [6.45, 7) is 19.9. The number of furan rings is 1. The van der Waals surface area contributed by atoms with E-state index in [9.17, 15) is 5.11 Å². The lowest BCUT2D eigenvalue weighted by Gasteiger charge is -2.28. The van der Waals surface area contributed by atoms with Crippen LogP contribution in [0, 0.1) is 0 Å². The molecule has 0 spiro atoms. The second kappa shape index (κ2) is 14.6. The SMILES string of the molecule is CC(C)(C)c1ccc(-n2c(-c3cc(C(C)(C)C)cc(C(C)(C)C)c3O)nc3c(-c4cccc(-c5nccc6oc7ccc8ccccc8c7c56)c4)cccc32)c(-c2ccccc2)c1.